The van der Waals surface area contributed by atoms with Gasteiger partial charge in [-0.1, -0.05) is 30.3 Å². The topological polar surface area (TPSA) is 78.3 Å². The van der Waals surface area contributed by atoms with E-state index < -0.39 is 10.1 Å². The van der Waals surface area contributed by atoms with Gasteiger partial charge in [-0.3, -0.25) is 9.48 Å². The summed E-state index contributed by atoms with van der Waals surface area (Å²) in [5.74, 6) is -0.00456. The minimum Gasteiger partial charge on any atom is -0.379 e. The van der Waals surface area contributed by atoms with Crippen molar-refractivity contribution >= 4 is 15.9 Å². The van der Waals surface area contributed by atoms with Crippen LogP contribution in [0.5, 0.6) is 5.75 Å². The highest BCUT2D eigenvalue weighted by atomic mass is 32.2. The zero-order chi connectivity index (χ0) is 21.4. The minimum atomic E-state index is -4.07. The third-order valence-electron chi connectivity index (χ3n) is 4.47. The van der Waals surface area contributed by atoms with Crippen molar-refractivity contribution < 1.29 is 17.4 Å². The fourth-order valence-electron chi connectivity index (χ4n) is 3.23. The van der Waals surface area contributed by atoms with Crippen molar-refractivity contribution in [1.29, 1.82) is 0 Å². The van der Waals surface area contributed by atoms with Crippen LogP contribution < -0.4 is 4.18 Å². The van der Waals surface area contributed by atoms with E-state index in [1.807, 2.05) is 26.8 Å². The maximum absolute atomic E-state index is 12.9. The smallest absolute Gasteiger partial charge is 0.342 e. The molecule has 0 spiro atoms. The van der Waals surface area contributed by atoms with Crippen LogP contribution in [0.25, 0.3) is 0 Å². The third-order valence-corrected chi connectivity index (χ3v) is 5.97. The Morgan fingerprint density at radius 2 is 1.48 bits per heavy atom. The van der Waals surface area contributed by atoms with Gasteiger partial charge < -0.3 is 4.18 Å². The normalized spacial score (nSPS) is 12.0. The number of aryl methyl sites for hydroxylation is 1. The summed E-state index contributed by atoms with van der Waals surface area (Å²) in [7, 11) is -4.07. The van der Waals surface area contributed by atoms with Gasteiger partial charge in [0, 0.05) is 11.1 Å². The molecule has 0 saturated heterocycles. The number of carbonyl (C=O) groups is 1. The summed E-state index contributed by atoms with van der Waals surface area (Å²) in [5, 5.41) is 4.37. The van der Waals surface area contributed by atoms with Crippen LogP contribution in [-0.4, -0.2) is 24.0 Å². The van der Waals surface area contributed by atoms with Gasteiger partial charge in [-0.2, -0.15) is 13.5 Å². The zero-order valence-electron chi connectivity index (χ0n) is 17.1. The molecule has 0 amide bonds. The van der Waals surface area contributed by atoms with Crippen LogP contribution in [0.2, 0.25) is 0 Å². The molecular weight excluding hydrogens is 388 g/mol. The van der Waals surface area contributed by atoms with Crippen molar-refractivity contribution in [3.8, 4) is 5.75 Å². The van der Waals surface area contributed by atoms with Crippen LogP contribution >= 0.6 is 0 Å². The summed E-state index contributed by atoms with van der Waals surface area (Å²) in [6.45, 7) is 9.21. The molecule has 6 nitrogen and oxygen atoms in total. The van der Waals surface area contributed by atoms with Crippen molar-refractivity contribution in [3.05, 3.63) is 77.1 Å². The van der Waals surface area contributed by atoms with E-state index in [-0.39, 0.29) is 22.0 Å². The summed E-state index contributed by atoms with van der Waals surface area (Å²) in [4.78, 5) is 12.5. The molecule has 3 aromatic rings. The molecule has 0 bridgehead atoms. The molecule has 29 heavy (non-hydrogen) atoms. The summed E-state index contributed by atoms with van der Waals surface area (Å²) in [6, 6.07) is 14.9. The van der Waals surface area contributed by atoms with E-state index in [9.17, 15) is 13.2 Å². The van der Waals surface area contributed by atoms with E-state index in [2.05, 4.69) is 5.10 Å². The maximum atomic E-state index is 12.9. The Hall–Kier alpha value is -2.93. The second kappa shape index (κ2) is 7.48. The zero-order valence-corrected chi connectivity index (χ0v) is 17.9. The first kappa shape index (κ1) is 20.8. The molecular formula is C22H24N2O4S. The van der Waals surface area contributed by atoms with Crippen molar-refractivity contribution in [3.63, 3.8) is 0 Å². The predicted molar refractivity (Wildman–Crippen MR) is 111 cm³/mol. The Morgan fingerprint density at radius 3 is 2.00 bits per heavy atom. The van der Waals surface area contributed by atoms with Gasteiger partial charge in [0.2, 0.25) is 0 Å². The Labute approximate surface area is 171 Å². The van der Waals surface area contributed by atoms with Gasteiger partial charge in [0.15, 0.2) is 5.78 Å². The highest BCUT2D eigenvalue weighted by Gasteiger charge is 2.30. The van der Waals surface area contributed by atoms with Crippen LogP contribution in [0.4, 0.5) is 0 Å². The van der Waals surface area contributed by atoms with Gasteiger partial charge in [-0.15, -0.1) is 0 Å². The predicted octanol–water partition coefficient (Wildman–Crippen LogP) is 4.25. The van der Waals surface area contributed by atoms with Gasteiger partial charge in [0.05, 0.1) is 16.9 Å². The standard InChI is InChI=1S/C22H24N2O4S/c1-15-21(16(2)24(23-15)22(3,4)5)29(26,27)28-19-13-11-18(12-14-19)20(25)17-9-7-6-8-10-17/h6-14H,1-5H3. The lowest BCUT2D eigenvalue weighted by atomic mass is 10.0. The quantitative estimate of drug-likeness (QED) is 0.462. The summed E-state index contributed by atoms with van der Waals surface area (Å²) < 4.78 is 32.8. The lowest BCUT2D eigenvalue weighted by molar-refractivity contribution is 0.103. The van der Waals surface area contributed by atoms with E-state index in [1.165, 1.54) is 12.1 Å². The van der Waals surface area contributed by atoms with Crippen LogP contribution in [0.1, 0.15) is 48.1 Å². The average molecular weight is 413 g/mol. The highest BCUT2D eigenvalue weighted by Crippen LogP contribution is 2.28. The van der Waals surface area contributed by atoms with Crippen LogP contribution in [-0.2, 0) is 15.7 Å². The average Bonchev–Trinajstić information content (AvgIpc) is 2.97. The summed E-state index contributed by atoms with van der Waals surface area (Å²) in [6.07, 6.45) is 0. The van der Waals surface area contributed by atoms with Crippen molar-refractivity contribution in [1.82, 2.24) is 9.78 Å². The third kappa shape index (κ3) is 4.24. The molecule has 0 atom stereocenters. The molecule has 7 heteroatoms. The van der Waals surface area contributed by atoms with Gasteiger partial charge in [0.25, 0.3) is 0 Å². The molecule has 0 fully saturated rings. The Bertz CT molecular complexity index is 1140. The monoisotopic (exact) mass is 412 g/mol. The first-order valence-corrected chi connectivity index (χ1v) is 10.6. The van der Waals surface area contributed by atoms with Crippen LogP contribution in [0.3, 0.4) is 0 Å². The van der Waals surface area contributed by atoms with Crippen LogP contribution in [0.15, 0.2) is 59.5 Å². The fourth-order valence-corrected chi connectivity index (χ4v) is 4.53. The first-order valence-electron chi connectivity index (χ1n) is 9.22. The molecule has 1 heterocycles. The molecule has 3 rings (SSSR count). The second-order valence-electron chi connectivity index (χ2n) is 7.84. The van der Waals surface area contributed by atoms with E-state index in [0.29, 0.717) is 22.5 Å². The van der Waals surface area contributed by atoms with Gasteiger partial charge in [-0.25, -0.2) is 0 Å². The molecule has 1 aromatic heterocycles. The molecule has 2 aromatic carbocycles. The number of ketones is 1. The van der Waals surface area contributed by atoms with E-state index in [4.69, 9.17) is 4.18 Å². The van der Waals surface area contributed by atoms with Crippen molar-refractivity contribution in [2.24, 2.45) is 0 Å². The Balaban J connectivity index is 1.87. The Kier molecular flexibility index (Phi) is 5.36. The van der Waals surface area contributed by atoms with Gasteiger partial charge in [0.1, 0.15) is 10.6 Å². The van der Waals surface area contributed by atoms with E-state index in [0.717, 1.165) is 0 Å². The van der Waals surface area contributed by atoms with Gasteiger partial charge in [-0.05, 0) is 58.9 Å². The molecule has 0 saturated carbocycles. The molecule has 0 unspecified atom stereocenters. The largest absolute Gasteiger partial charge is 0.379 e. The van der Waals surface area contributed by atoms with E-state index in [1.54, 1.807) is 54.9 Å². The number of aromatic nitrogens is 2. The first-order chi connectivity index (χ1) is 13.5. The lowest BCUT2D eigenvalue weighted by Gasteiger charge is -2.21. The van der Waals surface area contributed by atoms with Crippen molar-refractivity contribution in [2.45, 2.75) is 45.1 Å². The Morgan fingerprint density at radius 1 is 0.931 bits per heavy atom. The number of benzene rings is 2. The number of hydrogen-bond donors (Lipinski definition) is 0. The fraction of sp³-hybridized carbons (Fsp3) is 0.273. The van der Waals surface area contributed by atoms with Crippen molar-refractivity contribution in [2.75, 3.05) is 0 Å². The number of rotatable bonds is 5. The summed E-state index contributed by atoms with van der Waals surface area (Å²) in [5.41, 5.74) is 1.56. The maximum Gasteiger partial charge on any atom is 0.342 e. The minimum absolute atomic E-state index is 0.0665. The molecule has 0 aliphatic heterocycles. The second-order valence-corrected chi connectivity index (χ2v) is 9.32. The van der Waals surface area contributed by atoms with E-state index >= 15 is 0 Å². The number of carbonyl (C=O) groups excluding carboxylic acids is 1. The molecule has 152 valence electrons. The number of hydrogen-bond acceptors (Lipinski definition) is 5. The molecule has 0 N–H and O–H groups in total. The van der Waals surface area contributed by atoms with Crippen LogP contribution in [0, 0.1) is 13.8 Å². The molecule has 0 aliphatic carbocycles. The molecule has 0 radical (unpaired) electrons. The lowest BCUT2D eigenvalue weighted by Crippen LogP contribution is -2.24. The molecule has 0 aliphatic rings. The number of nitrogens with zero attached hydrogens (tertiary/aromatic N) is 2. The van der Waals surface area contributed by atoms with Gasteiger partial charge >= 0.3 is 10.1 Å². The highest BCUT2D eigenvalue weighted by molar-refractivity contribution is 7.87. The summed E-state index contributed by atoms with van der Waals surface area (Å²) >= 11 is 0. The SMILES string of the molecule is Cc1nn(C(C)(C)C)c(C)c1S(=O)(=O)Oc1ccc(C(=O)c2ccccc2)cc1.